The number of fused-ring (bicyclic) bond motifs is 1. The minimum absolute atomic E-state index is 0.234. The Bertz CT molecular complexity index is 1360. The highest BCUT2D eigenvalue weighted by molar-refractivity contribution is 6.08. The van der Waals surface area contributed by atoms with Crippen LogP contribution in [0.25, 0.3) is 16.9 Å². The number of hydrogen-bond donors (Lipinski definition) is 2. The number of amides is 2. The molecule has 2 heterocycles. The molecule has 1 aliphatic heterocycles. The highest BCUT2D eigenvalue weighted by atomic mass is 16.5. The predicted octanol–water partition coefficient (Wildman–Crippen LogP) is 4.52. The fraction of sp³-hybridized carbons (Fsp3) is 0.115. The van der Waals surface area contributed by atoms with Crippen molar-refractivity contribution in [2.75, 3.05) is 17.7 Å². The molecule has 1 unspecified atom stereocenters. The molecule has 8 nitrogen and oxygen atoms in total. The molecule has 0 saturated carbocycles. The molecule has 2 N–H and O–H groups in total. The Morgan fingerprint density at radius 1 is 1.09 bits per heavy atom. The topological polar surface area (TPSA) is 94.5 Å². The van der Waals surface area contributed by atoms with E-state index in [1.807, 2.05) is 54.6 Å². The fourth-order valence-electron chi connectivity index (χ4n) is 3.70. The summed E-state index contributed by atoms with van der Waals surface area (Å²) in [6.45, 7) is 1.68. The molecule has 1 aliphatic rings. The lowest BCUT2D eigenvalue weighted by atomic mass is 10.1. The summed E-state index contributed by atoms with van der Waals surface area (Å²) < 4.78 is 12.5. The molecule has 8 heteroatoms. The highest BCUT2D eigenvalue weighted by Gasteiger charge is 2.24. The van der Waals surface area contributed by atoms with Crippen LogP contribution in [-0.4, -0.2) is 34.8 Å². The maximum Gasteiger partial charge on any atom is 0.265 e. The van der Waals surface area contributed by atoms with E-state index in [4.69, 9.17) is 14.6 Å². The average Bonchev–Trinajstić information content (AvgIpc) is 3.31. The maximum absolute atomic E-state index is 13.4. The number of aromatic nitrogens is 2. The number of methoxy groups -OCH3 is 1. The van der Waals surface area contributed by atoms with Gasteiger partial charge in [0, 0.05) is 17.4 Å². The van der Waals surface area contributed by atoms with Gasteiger partial charge in [-0.15, -0.1) is 0 Å². The maximum atomic E-state index is 13.4. The van der Waals surface area contributed by atoms with Gasteiger partial charge in [-0.25, -0.2) is 4.68 Å². The first kappa shape index (κ1) is 21.3. The van der Waals surface area contributed by atoms with Crippen molar-refractivity contribution in [1.82, 2.24) is 9.78 Å². The average molecular weight is 454 g/mol. The van der Waals surface area contributed by atoms with Crippen LogP contribution in [0.5, 0.6) is 11.5 Å². The third-order valence-electron chi connectivity index (χ3n) is 5.51. The predicted molar refractivity (Wildman–Crippen MR) is 129 cm³/mol. The number of rotatable bonds is 5. The van der Waals surface area contributed by atoms with Gasteiger partial charge in [-0.3, -0.25) is 9.59 Å². The Kier molecular flexibility index (Phi) is 5.47. The first-order valence-corrected chi connectivity index (χ1v) is 10.7. The number of hydrogen-bond acceptors (Lipinski definition) is 5. The van der Waals surface area contributed by atoms with Gasteiger partial charge in [-0.1, -0.05) is 18.2 Å². The number of anilines is 2. The molecule has 4 aromatic rings. The zero-order valence-corrected chi connectivity index (χ0v) is 18.6. The molecule has 5 rings (SSSR count). The summed E-state index contributed by atoms with van der Waals surface area (Å²) in [5.41, 5.74) is 3.58. The molecule has 0 radical (unpaired) electrons. The van der Waals surface area contributed by atoms with Crippen molar-refractivity contribution in [3.63, 3.8) is 0 Å². The SMILES string of the molecule is COc1ccc(-c2nn(-c3ccccc3)cc2C(=O)Nc2ccc3c(c2)NC(=O)C(C)O3)cc1. The molecular weight excluding hydrogens is 432 g/mol. The molecule has 0 spiro atoms. The number of carbonyl (C=O) groups excluding carboxylic acids is 2. The van der Waals surface area contributed by atoms with Crippen molar-refractivity contribution in [3.05, 3.63) is 84.6 Å². The quantitative estimate of drug-likeness (QED) is 0.462. The van der Waals surface area contributed by atoms with Gasteiger partial charge in [0.2, 0.25) is 0 Å². The van der Waals surface area contributed by atoms with Crippen LogP contribution in [0.2, 0.25) is 0 Å². The van der Waals surface area contributed by atoms with Gasteiger partial charge in [0.1, 0.15) is 17.2 Å². The Balaban J connectivity index is 1.49. The van der Waals surface area contributed by atoms with E-state index in [0.29, 0.717) is 34.1 Å². The minimum Gasteiger partial charge on any atom is -0.497 e. The second kappa shape index (κ2) is 8.74. The summed E-state index contributed by atoms with van der Waals surface area (Å²) in [7, 11) is 1.60. The molecule has 0 bridgehead atoms. The van der Waals surface area contributed by atoms with Gasteiger partial charge in [-0.2, -0.15) is 5.10 Å². The summed E-state index contributed by atoms with van der Waals surface area (Å²) >= 11 is 0. The van der Waals surface area contributed by atoms with Crippen molar-refractivity contribution in [2.24, 2.45) is 0 Å². The first-order valence-electron chi connectivity index (χ1n) is 10.7. The van der Waals surface area contributed by atoms with E-state index in [-0.39, 0.29) is 11.8 Å². The molecule has 34 heavy (non-hydrogen) atoms. The van der Waals surface area contributed by atoms with E-state index in [2.05, 4.69) is 10.6 Å². The molecule has 0 fully saturated rings. The van der Waals surface area contributed by atoms with E-state index >= 15 is 0 Å². The first-order chi connectivity index (χ1) is 16.5. The molecule has 2 amide bonds. The molecular formula is C26H22N4O4. The third kappa shape index (κ3) is 4.09. The normalized spacial score (nSPS) is 14.5. The molecule has 0 saturated heterocycles. The fourth-order valence-corrected chi connectivity index (χ4v) is 3.70. The van der Waals surface area contributed by atoms with Crippen molar-refractivity contribution in [2.45, 2.75) is 13.0 Å². The van der Waals surface area contributed by atoms with Gasteiger partial charge in [0.15, 0.2) is 6.10 Å². The van der Waals surface area contributed by atoms with Crippen molar-refractivity contribution in [1.29, 1.82) is 0 Å². The lowest BCUT2D eigenvalue weighted by Gasteiger charge is -2.23. The van der Waals surface area contributed by atoms with Crippen molar-refractivity contribution in [3.8, 4) is 28.4 Å². The molecule has 3 aromatic carbocycles. The van der Waals surface area contributed by atoms with Crippen LogP contribution in [0, 0.1) is 0 Å². The lowest BCUT2D eigenvalue weighted by Crippen LogP contribution is -2.34. The highest BCUT2D eigenvalue weighted by Crippen LogP contribution is 2.33. The third-order valence-corrected chi connectivity index (χ3v) is 5.51. The van der Waals surface area contributed by atoms with Gasteiger partial charge < -0.3 is 20.1 Å². The van der Waals surface area contributed by atoms with E-state index < -0.39 is 6.10 Å². The molecule has 1 atom stereocenters. The van der Waals surface area contributed by atoms with E-state index in [1.165, 1.54) is 0 Å². The summed E-state index contributed by atoms with van der Waals surface area (Å²) in [6, 6.07) is 22.1. The van der Waals surface area contributed by atoms with Crippen LogP contribution in [-0.2, 0) is 4.79 Å². The number of carbonyl (C=O) groups is 2. The summed E-state index contributed by atoms with van der Waals surface area (Å²) in [4.78, 5) is 25.3. The minimum atomic E-state index is -0.566. The van der Waals surface area contributed by atoms with E-state index in [1.54, 1.807) is 43.1 Å². The van der Waals surface area contributed by atoms with Crippen LogP contribution in [0.4, 0.5) is 11.4 Å². The van der Waals surface area contributed by atoms with Crippen molar-refractivity contribution >= 4 is 23.2 Å². The van der Waals surface area contributed by atoms with Crippen LogP contribution in [0.15, 0.2) is 79.0 Å². The van der Waals surface area contributed by atoms with Gasteiger partial charge in [0.25, 0.3) is 11.8 Å². The number of ether oxygens (including phenoxy) is 2. The smallest absolute Gasteiger partial charge is 0.265 e. The number of nitrogens with zero attached hydrogens (tertiary/aromatic N) is 2. The molecule has 170 valence electrons. The zero-order valence-electron chi connectivity index (χ0n) is 18.6. The van der Waals surface area contributed by atoms with Crippen LogP contribution in [0.3, 0.4) is 0 Å². The summed E-state index contributed by atoms with van der Waals surface area (Å²) in [5.74, 6) is 0.706. The Labute approximate surface area is 196 Å². The van der Waals surface area contributed by atoms with E-state index in [0.717, 1.165) is 11.3 Å². The van der Waals surface area contributed by atoms with Crippen LogP contribution < -0.4 is 20.1 Å². The number of benzene rings is 3. The van der Waals surface area contributed by atoms with Gasteiger partial charge in [-0.05, 0) is 61.5 Å². The number of nitrogens with one attached hydrogen (secondary N) is 2. The summed E-state index contributed by atoms with van der Waals surface area (Å²) in [6.07, 6.45) is 1.14. The van der Waals surface area contributed by atoms with Crippen molar-refractivity contribution < 1.29 is 19.1 Å². The van der Waals surface area contributed by atoms with Crippen LogP contribution in [0.1, 0.15) is 17.3 Å². The summed E-state index contributed by atoms with van der Waals surface area (Å²) in [5, 5.41) is 10.4. The number of para-hydroxylation sites is 1. The lowest BCUT2D eigenvalue weighted by molar-refractivity contribution is -0.122. The Morgan fingerprint density at radius 3 is 2.59 bits per heavy atom. The van der Waals surface area contributed by atoms with E-state index in [9.17, 15) is 9.59 Å². The zero-order chi connectivity index (χ0) is 23.7. The standard InChI is InChI=1S/C26H22N4O4/c1-16-25(31)28-22-14-18(10-13-23(22)34-16)27-26(32)21-15-30(19-6-4-3-5-7-19)29-24(21)17-8-11-20(33-2)12-9-17/h3-16H,1-2H3,(H,27,32)(H,28,31). The van der Waals surface area contributed by atoms with Gasteiger partial charge >= 0.3 is 0 Å². The second-order valence-electron chi connectivity index (χ2n) is 7.81. The van der Waals surface area contributed by atoms with Crippen LogP contribution >= 0.6 is 0 Å². The Morgan fingerprint density at radius 2 is 1.85 bits per heavy atom. The largest absolute Gasteiger partial charge is 0.497 e. The second-order valence-corrected chi connectivity index (χ2v) is 7.81. The monoisotopic (exact) mass is 454 g/mol. The Hall–Kier alpha value is -4.59. The van der Waals surface area contributed by atoms with Gasteiger partial charge in [0.05, 0.1) is 24.0 Å². The molecule has 1 aromatic heterocycles. The molecule has 0 aliphatic carbocycles.